The number of nitrogens with one attached hydrogen (secondary N) is 1. The number of rotatable bonds is 4. The van der Waals surface area contributed by atoms with Crippen LogP contribution in [0.25, 0.3) is 11.7 Å². The van der Waals surface area contributed by atoms with Gasteiger partial charge in [-0.05, 0) is 48.9 Å². The monoisotopic (exact) mass is 484 g/mol. The number of allylic oxidation sites excluding steroid dienone is 1. The van der Waals surface area contributed by atoms with Gasteiger partial charge in [0, 0.05) is 11.2 Å². The number of likely N-dealkylation sites (N-methyl/N-ethyl adjacent to an activating group) is 1. The van der Waals surface area contributed by atoms with Crippen LogP contribution in [0, 0.1) is 18.3 Å². The Bertz CT molecular complexity index is 1450. The number of nitrogens with zero attached hydrogens (tertiary/aromatic N) is 4. The average molecular weight is 485 g/mol. The molecule has 0 atom stereocenters. The predicted octanol–water partition coefficient (Wildman–Crippen LogP) is 1.33. The van der Waals surface area contributed by atoms with Gasteiger partial charge in [0.05, 0.1) is 43.7 Å². The maximum absolute atomic E-state index is 13.5. The summed E-state index contributed by atoms with van der Waals surface area (Å²) in [5.41, 5.74) is 0.969. The summed E-state index contributed by atoms with van der Waals surface area (Å²) < 4.78 is 27.7. The molecule has 1 N–H and O–H groups in total. The Labute approximate surface area is 196 Å². The first-order chi connectivity index (χ1) is 15.7. The maximum atomic E-state index is 13.5. The molecule has 8 nitrogen and oxygen atoms in total. The lowest BCUT2D eigenvalue weighted by Crippen LogP contribution is -3.12. The van der Waals surface area contributed by atoms with Crippen LogP contribution in [0.4, 0.5) is 5.82 Å². The van der Waals surface area contributed by atoms with Crippen molar-refractivity contribution in [2.45, 2.75) is 11.8 Å². The molecule has 1 aromatic carbocycles. The van der Waals surface area contributed by atoms with Crippen LogP contribution >= 0.6 is 11.6 Å². The van der Waals surface area contributed by atoms with E-state index >= 15 is 0 Å². The highest BCUT2D eigenvalue weighted by molar-refractivity contribution is 7.95. The first-order valence-corrected chi connectivity index (χ1v) is 12.3. The predicted molar refractivity (Wildman–Crippen MR) is 127 cm³/mol. The van der Waals surface area contributed by atoms with Gasteiger partial charge in [-0.2, -0.15) is 5.26 Å². The van der Waals surface area contributed by atoms with E-state index in [1.54, 1.807) is 18.3 Å². The second kappa shape index (κ2) is 8.98. The lowest BCUT2D eigenvalue weighted by atomic mass is 10.2. The van der Waals surface area contributed by atoms with Crippen LogP contribution in [0.1, 0.15) is 11.1 Å². The maximum Gasteiger partial charge on any atom is 0.267 e. The van der Waals surface area contributed by atoms with Crippen molar-refractivity contribution in [3.63, 3.8) is 0 Å². The van der Waals surface area contributed by atoms with Gasteiger partial charge in [-0.1, -0.05) is 17.7 Å². The van der Waals surface area contributed by atoms with Crippen LogP contribution in [-0.4, -0.2) is 51.0 Å². The number of sulfone groups is 1. The average Bonchev–Trinajstić information content (AvgIpc) is 2.79. The summed E-state index contributed by atoms with van der Waals surface area (Å²) in [5, 5.41) is 10.1. The highest BCUT2D eigenvalue weighted by Crippen LogP contribution is 2.25. The molecule has 10 heteroatoms. The Hall–Kier alpha value is -3.19. The fourth-order valence-corrected chi connectivity index (χ4v) is 5.08. The normalized spacial score (nSPS) is 15.6. The second-order valence-corrected chi connectivity index (χ2v) is 10.4. The van der Waals surface area contributed by atoms with Gasteiger partial charge in [-0.15, -0.1) is 0 Å². The zero-order chi connectivity index (χ0) is 23.8. The molecule has 0 unspecified atom stereocenters. The lowest BCUT2D eigenvalue weighted by Gasteiger charge is -2.31. The van der Waals surface area contributed by atoms with E-state index in [1.807, 2.05) is 17.9 Å². The minimum absolute atomic E-state index is 0.0749. The number of piperazine rings is 1. The molecule has 1 aliphatic rings. The summed E-state index contributed by atoms with van der Waals surface area (Å²) in [6, 6.07) is 10.9. The van der Waals surface area contributed by atoms with Crippen molar-refractivity contribution in [1.29, 1.82) is 5.26 Å². The summed E-state index contributed by atoms with van der Waals surface area (Å²) in [6.07, 6.45) is 2.74. The number of aromatic nitrogens is 2. The smallest absolute Gasteiger partial charge is 0.267 e. The quantitative estimate of drug-likeness (QED) is 0.561. The van der Waals surface area contributed by atoms with Crippen LogP contribution in [-0.2, 0) is 9.84 Å². The van der Waals surface area contributed by atoms with E-state index in [-0.39, 0.29) is 10.5 Å². The standard InChI is InChI=1S/C23H22ClN5O3S/c1-16-4-3-9-29-21(16)26-22(28-12-10-27(2)11-13-28)20(23(29)30)14-19(15-25)33(31,32)18-7-5-17(24)6-8-18/h3-9,14H,10-13H2,1-2H3/p+1/b19-14+. The highest BCUT2D eigenvalue weighted by atomic mass is 35.5. The Morgan fingerprint density at radius 3 is 2.52 bits per heavy atom. The van der Waals surface area contributed by atoms with Gasteiger partial charge in [0.15, 0.2) is 0 Å². The minimum Gasteiger partial charge on any atom is -0.345 e. The van der Waals surface area contributed by atoms with Gasteiger partial charge in [0.25, 0.3) is 5.56 Å². The molecule has 0 saturated carbocycles. The van der Waals surface area contributed by atoms with E-state index in [9.17, 15) is 18.5 Å². The molecule has 33 heavy (non-hydrogen) atoms. The van der Waals surface area contributed by atoms with Gasteiger partial charge < -0.3 is 9.80 Å². The minimum atomic E-state index is -4.16. The lowest BCUT2D eigenvalue weighted by molar-refractivity contribution is -0.880. The number of pyridine rings is 1. The number of quaternary nitrogens is 1. The third-order valence-electron chi connectivity index (χ3n) is 5.78. The SMILES string of the molecule is Cc1cccn2c(=O)c(/C=C(\C#N)S(=O)(=O)c3ccc(Cl)cc3)c(N3CC[NH+](C)CC3)nc12. The number of hydrogen-bond donors (Lipinski definition) is 1. The van der Waals surface area contributed by atoms with Crippen molar-refractivity contribution in [2.75, 3.05) is 38.1 Å². The number of halogens is 1. The second-order valence-electron chi connectivity index (χ2n) is 8.06. The van der Waals surface area contributed by atoms with Crippen molar-refractivity contribution in [2.24, 2.45) is 0 Å². The fourth-order valence-electron chi connectivity index (χ4n) is 3.81. The molecule has 170 valence electrons. The topological polar surface area (TPSA) is 100.0 Å². The van der Waals surface area contributed by atoms with Crippen LogP contribution in [0.3, 0.4) is 0 Å². The van der Waals surface area contributed by atoms with Crippen molar-refractivity contribution < 1.29 is 13.3 Å². The van der Waals surface area contributed by atoms with Crippen LogP contribution < -0.4 is 15.4 Å². The third kappa shape index (κ3) is 4.37. The van der Waals surface area contributed by atoms with Crippen molar-refractivity contribution in [3.05, 3.63) is 74.0 Å². The van der Waals surface area contributed by atoms with Crippen LogP contribution in [0.2, 0.25) is 5.02 Å². The molecule has 2 aromatic heterocycles. The van der Waals surface area contributed by atoms with Crippen LogP contribution in [0.15, 0.2) is 57.2 Å². The molecule has 0 spiro atoms. The summed E-state index contributed by atoms with van der Waals surface area (Å²) in [6.45, 7) is 4.89. The molecule has 1 saturated heterocycles. The molecule has 1 aliphatic heterocycles. The molecule has 3 aromatic rings. The number of hydrogen-bond acceptors (Lipinski definition) is 6. The Morgan fingerprint density at radius 1 is 1.21 bits per heavy atom. The van der Waals surface area contributed by atoms with E-state index < -0.39 is 20.3 Å². The highest BCUT2D eigenvalue weighted by Gasteiger charge is 2.26. The Balaban J connectivity index is 1.95. The fraction of sp³-hybridized carbons (Fsp3) is 0.261. The van der Waals surface area contributed by atoms with Crippen molar-refractivity contribution in [1.82, 2.24) is 9.38 Å². The third-order valence-corrected chi connectivity index (χ3v) is 7.71. The van der Waals surface area contributed by atoms with Gasteiger partial charge in [-0.3, -0.25) is 9.20 Å². The Kier molecular flexibility index (Phi) is 6.26. The molecule has 0 radical (unpaired) electrons. The van der Waals surface area contributed by atoms with Gasteiger partial charge in [-0.25, -0.2) is 13.4 Å². The van der Waals surface area contributed by atoms with Gasteiger partial charge in [0.1, 0.15) is 22.4 Å². The number of benzene rings is 1. The van der Waals surface area contributed by atoms with Crippen molar-refractivity contribution in [3.8, 4) is 6.07 Å². The number of fused-ring (bicyclic) bond motifs is 1. The molecule has 4 rings (SSSR count). The van der Waals surface area contributed by atoms with E-state index in [0.717, 1.165) is 24.7 Å². The molecule has 0 aliphatic carbocycles. The summed E-state index contributed by atoms with van der Waals surface area (Å²) in [5.74, 6) is 0.390. The molecule has 1 fully saturated rings. The largest absolute Gasteiger partial charge is 0.345 e. The number of aryl methyl sites for hydroxylation is 1. The van der Waals surface area contributed by atoms with Crippen molar-refractivity contribution >= 4 is 39.0 Å². The zero-order valence-corrected chi connectivity index (χ0v) is 19.8. The first kappa shape index (κ1) is 23.0. The molecule has 0 amide bonds. The summed E-state index contributed by atoms with van der Waals surface area (Å²) in [7, 11) is -2.06. The van der Waals surface area contributed by atoms with E-state index in [4.69, 9.17) is 16.6 Å². The molecule has 0 bridgehead atoms. The van der Waals surface area contributed by atoms with E-state index in [1.165, 1.54) is 33.6 Å². The molecule has 3 heterocycles. The summed E-state index contributed by atoms with van der Waals surface area (Å²) >= 11 is 5.88. The number of nitriles is 1. The zero-order valence-electron chi connectivity index (χ0n) is 18.2. The van der Waals surface area contributed by atoms with Gasteiger partial charge in [0.2, 0.25) is 9.84 Å². The number of anilines is 1. The van der Waals surface area contributed by atoms with Gasteiger partial charge >= 0.3 is 0 Å². The Morgan fingerprint density at radius 2 is 1.88 bits per heavy atom. The molecular formula is C23H23ClN5O3S+. The van der Waals surface area contributed by atoms with Crippen LogP contribution in [0.5, 0.6) is 0 Å². The van der Waals surface area contributed by atoms with E-state index in [2.05, 4.69) is 7.05 Å². The molecular weight excluding hydrogens is 462 g/mol. The van der Waals surface area contributed by atoms with E-state index in [0.29, 0.717) is 29.6 Å². The summed E-state index contributed by atoms with van der Waals surface area (Å²) in [4.78, 5) is 21.0. The first-order valence-electron chi connectivity index (χ1n) is 10.4.